The van der Waals surface area contributed by atoms with Crippen LogP contribution in [-0.2, 0) is 38.8 Å². The smallest absolute Gasteiger partial charge is 0.338 e. The normalized spacial score (nSPS) is 24.4. The number of aliphatic hydroxyl groups is 4. The summed E-state index contributed by atoms with van der Waals surface area (Å²) < 4.78 is 54.2. The van der Waals surface area contributed by atoms with Crippen molar-refractivity contribution in [2.24, 2.45) is 0 Å². The molecule has 0 unspecified atom stereocenters. The first-order valence-electron chi connectivity index (χ1n) is 22.4. The molecule has 0 bridgehead atoms. The number of carbonyl (C=O) groups excluding carboxylic acids is 3. The lowest BCUT2D eigenvalue weighted by Gasteiger charge is -2.47. The minimum atomic E-state index is -2.01. The van der Waals surface area contributed by atoms with Crippen molar-refractivity contribution in [2.75, 3.05) is 27.4 Å². The molecule has 2 aliphatic heterocycles. The fraction of sp³-hybridized carbons (Fsp3) is 0.278. The van der Waals surface area contributed by atoms with Crippen LogP contribution in [0.2, 0.25) is 0 Å². The zero-order chi connectivity index (χ0) is 49.2. The first-order chi connectivity index (χ1) is 34.0. The van der Waals surface area contributed by atoms with Crippen LogP contribution < -0.4 is 9.47 Å². The minimum absolute atomic E-state index is 0.0720. The van der Waals surface area contributed by atoms with Crippen LogP contribution in [0.15, 0.2) is 170 Å². The Morgan fingerprint density at radius 1 is 0.471 bits per heavy atom. The Hall–Kier alpha value is -6.99. The fourth-order valence-corrected chi connectivity index (χ4v) is 8.40. The molecule has 0 aromatic heterocycles. The summed E-state index contributed by atoms with van der Waals surface area (Å²) in [7, 11) is 3.10. The van der Waals surface area contributed by atoms with Gasteiger partial charge in [-0.25, -0.2) is 14.4 Å². The van der Waals surface area contributed by atoms with Gasteiger partial charge in [0.2, 0.25) is 0 Å². The maximum atomic E-state index is 13.9. The summed E-state index contributed by atoms with van der Waals surface area (Å²) in [5.41, 5.74) is 0.896. The van der Waals surface area contributed by atoms with E-state index in [-0.39, 0.29) is 16.7 Å². The molecule has 0 spiro atoms. The van der Waals surface area contributed by atoms with E-state index in [9.17, 15) is 34.8 Å². The SMILES string of the molecule is COc1ccc(C(OC[C@H]2O[C@@H](O[C@H]3[C@H](OC(=O)c4ccccc4)[C@H](OC(=O)c4ccccc4)[C@@H](O)O[C@@H]3COC(=O)c3ccccc3)[C@H](O)[C@@H](O)[C@H]2O)(c2ccccc2)c2ccc(OC)cc2)cc1. The molecular formula is C54H52O16. The highest BCUT2D eigenvalue weighted by Crippen LogP contribution is 2.43. The molecule has 6 aromatic rings. The van der Waals surface area contributed by atoms with E-state index in [0.717, 1.165) is 0 Å². The summed E-state index contributed by atoms with van der Waals surface area (Å²) in [5.74, 6) is -1.48. The van der Waals surface area contributed by atoms with Crippen molar-refractivity contribution in [1.29, 1.82) is 0 Å². The third-order valence-electron chi connectivity index (χ3n) is 12.1. The monoisotopic (exact) mass is 956 g/mol. The zero-order valence-corrected chi connectivity index (χ0v) is 38.0. The maximum absolute atomic E-state index is 13.9. The second kappa shape index (κ2) is 22.6. The van der Waals surface area contributed by atoms with Gasteiger partial charge in [0.1, 0.15) is 60.3 Å². The van der Waals surface area contributed by atoms with Gasteiger partial charge in [-0.05, 0) is 77.4 Å². The molecule has 2 aliphatic rings. The van der Waals surface area contributed by atoms with Crippen molar-refractivity contribution in [3.8, 4) is 11.5 Å². The molecule has 8 rings (SSSR count). The number of methoxy groups -OCH3 is 2. The average molecular weight is 957 g/mol. The third-order valence-corrected chi connectivity index (χ3v) is 12.1. The van der Waals surface area contributed by atoms with Crippen molar-refractivity contribution in [1.82, 2.24) is 0 Å². The predicted octanol–water partition coefficient (Wildman–Crippen LogP) is 5.23. The van der Waals surface area contributed by atoms with Crippen LogP contribution in [0.3, 0.4) is 0 Å². The van der Waals surface area contributed by atoms with E-state index >= 15 is 0 Å². The number of carbonyl (C=O) groups is 3. The number of benzene rings is 6. The molecule has 2 heterocycles. The highest BCUT2D eigenvalue weighted by Gasteiger charge is 2.55. The van der Waals surface area contributed by atoms with E-state index in [1.54, 1.807) is 93.1 Å². The van der Waals surface area contributed by atoms with Crippen LogP contribution in [0.4, 0.5) is 0 Å². The molecule has 16 heteroatoms. The Labute approximate surface area is 403 Å². The topological polar surface area (TPSA) is 215 Å². The molecule has 2 saturated heterocycles. The number of hydrogen-bond donors (Lipinski definition) is 4. The first kappa shape index (κ1) is 49.4. The lowest BCUT2D eigenvalue weighted by molar-refractivity contribution is -0.355. The molecule has 70 heavy (non-hydrogen) atoms. The molecular weight excluding hydrogens is 905 g/mol. The van der Waals surface area contributed by atoms with Crippen molar-refractivity contribution in [3.63, 3.8) is 0 Å². The van der Waals surface area contributed by atoms with E-state index in [2.05, 4.69) is 0 Å². The zero-order valence-electron chi connectivity index (χ0n) is 38.0. The predicted molar refractivity (Wildman–Crippen MR) is 249 cm³/mol. The standard InChI is InChI=1S/C54H52O16/c1-62-39-27-23-37(24-28-39)54(36-21-13-6-14-22-36,38-25-29-40(63-2)30-26-38)65-32-41-43(55)44(56)45(57)53(67-41)70-46-42(31-64-49(58)33-15-7-3-8-16-33)66-52(61)48(69-51(60)35-19-11-5-12-20-35)47(46)68-50(59)34-17-9-4-10-18-34/h3-30,41-48,52-53,55-57,61H,31-32H2,1-2H3/t41-,42-,43+,44+,45-,46-,47+,48+,52+,53+/m1/s1. The van der Waals surface area contributed by atoms with Gasteiger partial charge >= 0.3 is 17.9 Å². The number of aliphatic hydroxyl groups excluding tert-OH is 4. The summed E-state index contributed by atoms with van der Waals surface area (Å²) in [4.78, 5) is 40.8. The highest BCUT2D eigenvalue weighted by molar-refractivity contribution is 5.90. The third kappa shape index (κ3) is 10.9. The van der Waals surface area contributed by atoms with Gasteiger partial charge in [0.15, 0.2) is 24.8 Å². The summed E-state index contributed by atoms with van der Waals surface area (Å²) in [6.07, 6.45) is -17.8. The average Bonchev–Trinajstić information content (AvgIpc) is 3.41. The van der Waals surface area contributed by atoms with Crippen molar-refractivity contribution in [2.45, 2.75) is 67.0 Å². The van der Waals surface area contributed by atoms with Gasteiger partial charge in [0.05, 0.1) is 37.5 Å². The Bertz CT molecular complexity index is 2570. The summed E-state index contributed by atoms with van der Waals surface area (Å²) >= 11 is 0. The van der Waals surface area contributed by atoms with E-state index in [0.29, 0.717) is 28.2 Å². The largest absolute Gasteiger partial charge is 0.497 e. The summed E-state index contributed by atoms with van der Waals surface area (Å²) in [5, 5.41) is 46.4. The van der Waals surface area contributed by atoms with Crippen LogP contribution in [0.1, 0.15) is 47.8 Å². The molecule has 0 aliphatic carbocycles. The Kier molecular flexibility index (Phi) is 16.0. The second-order valence-electron chi connectivity index (χ2n) is 16.4. The van der Waals surface area contributed by atoms with Crippen molar-refractivity contribution in [3.05, 3.63) is 203 Å². The molecule has 0 amide bonds. The molecule has 16 nitrogen and oxygen atoms in total. The van der Waals surface area contributed by atoms with Gasteiger partial charge in [-0.1, -0.05) is 109 Å². The van der Waals surface area contributed by atoms with E-state index in [1.807, 2.05) is 54.6 Å². The lowest BCUT2D eigenvalue weighted by Crippen LogP contribution is -2.66. The van der Waals surface area contributed by atoms with E-state index in [4.69, 9.17) is 42.6 Å². The minimum Gasteiger partial charge on any atom is -0.497 e. The number of hydrogen-bond acceptors (Lipinski definition) is 16. The van der Waals surface area contributed by atoms with Crippen LogP contribution >= 0.6 is 0 Å². The van der Waals surface area contributed by atoms with Crippen molar-refractivity contribution < 1.29 is 77.4 Å². The molecule has 4 N–H and O–H groups in total. The van der Waals surface area contributed by atoms with Gasteiger partial charge < -0.3 is 63.1 Å². The second-order valence-corrected chi connectivity index (χ2v) is 16.4. The molecule has 0 radical (unpaired) electrons. The van der Waals surface area contributed by atoms with Crippen LogP contribution in [0, 0.1) is 0 Å². The van der Waals surface area contributed by atoms with Gasteiger partial charge in [0.25, 0.3) is 0 Å². The summed E-state index contributed by atoms with van der Waals surface area (Å²) in [6.45, 7) is -1.09. The van der Waals surface area contributed by atoms with Crippen LogP contribution in [0.25, 0.3) is 0 Å². The van der Waals surface area contributed by atoms with Gasteiger partial charge in [-0.15, -0.1) is 0 Å². The molecule has 6 aromatic carbocycles. The molecule has 10 atom stereocenters. The van der Waals surface area contributed by atoms with Crippen molar-refractivity contribution >= 4 is 17.9 Å². The number of esters is 3. The maximum Gasteiger partial charge on any atom is 0.338 e. The molecule has 0 saturated carbocycles. The van der Waals surface area contributed by atoms with E-state index < -0.39 is 98.1 Å². The lowest BCUT2D eigenvalue weighted by atomic mass is 9.80. The molecule has 2 fully saturated rings. The summed E-state index contributed by atoms with van der Waals surface area (Å²) in [6, 6.07) is 47.4. The van der Waals surface area contributed by atoms with Gasteiger partial charge in [0, 0.05) is 0 Å². The Morgan fingerprint density at radius 2 is 0.914 bits per heavy atom. The Morgan fingerprint density at radius 3 is 1.40 bits per heavy atom. The van der Waals surface area contributed by atoms with E-state index in [1.165, 1.54) is 36.4 Å². The number of rotatable bonds is 17. The van der Waals surface area contributed by atoms with Crippen LogP contribution in [-0.4, -0.2) is 127 Å². The number of ether oxygens (including phenoxy) is 9. The first-order valence-corrected chi connectivity index (χ1v) is 22.4. The van der Waals surface area contributed by atoms with Gasteiger partial charge in [-0.2, -0.15) is 0 Å². The quantitative estimate of drug-likeness (QED) is 0.0523. The fourth-order valence-electron chi connectivity index (χ4n) is 8.40. The van der Waals surface area contributed by atoms with Crippen LogP contribution in [0.5, 0.6) is 11.5 Å². The Balaban J connectivity index is 1.15. The molecule has 364 valence electrons. The highest BCUT2D eigenvalue weighted by atomic mass is 16.7. The van der Waals surface area contributed by atoms with Gasteiger partial charge in [-0.3, -0.25) is 0 Å².